The minimum atomic E-state index is -3.43. The molecule has 0 spiro atoms. The van der Waals surface area contributed by atoms with Gasteiger partial charge in [0.15, 0.2) is 0 Å². The van der Waals surface area contributed by atoms with Gasteiger partial charge in [-0.15, -0.1) is 0 Å². The Morgan fingerprint density at radius 1 is 0.773 bits per heavy atom. The Balaban J connectivity index is 2.54. The maximum atomic E-state index is 13.2. The Labute approximate surface area is 135 Å². The third-order valence-corrected chi connectivity index (χ3v) is 7.84. The van der Waals surface area contributed by atoms with Gasteiger partial charge >= 0.3 is 0 Å². The highest BCUT2D eigenvalue weighted by Gasteiger charge is 2.32. The smallest absolute Gasteiger partial charge is 0.207 e. The van der Waals surface area contributed by atoms with Crippen LogP contribution >= 0.6 is 0 Å². The average Bonchev–Trinajstić information content (AvgIpc) is 2.51. The molecule has 1 aliphatic carbocycles. The zero-order valence-electron chi connectivity index (χ0n) is 14.8. The molecule has 124 valence electrons. The van der Waals surface area contributed by atoms with Crippen molar-refractivity contribution in [2.45, 2.75) is 77.7 Å². The fraction of sp³-hybridized carbons (Fsp3) is 0.667. The number of hydrogen-bond donors (Lipinski definition) is 0. The molecule has 0 heterocycles. The van der Waals surface area contributed by atoms with Gasteiger partial charge in [0.2, 0.25) is 10.0 Å². The van der Waals surface area contributed by atoms with Crippen molar-refractivity contribution in [1.29, 1.82) is 0 Å². The summed E-state index contributed by atoms with van der Waals surface area (Å²) in [6.45, 7) is 10.0. The van der Waals surface area contributed by atoms with Gasteiger partial charge in [0.25, 0.3) is 0 Å². The normalized spacial score (nSPS) is 17.2. The zero-order valence-corrected chi connectivity index (χ0v) is 15.6. The summed E-state index contributed by atoms with van der Waals surface area (Å²) in [5.74, 6) is 0. The molecular weight excluding hydrogens is 294 g/mol. The van der Waals surface area contributed by atoms with Crippen molar-refractivity contribution in [2.24, 2.45) is 0 Å². The molecule has 0 unspecified atom stereocenters. The Hall–Kier alpha value is -0.870. The van der Waals surface area contributed by atoms with E-state index in [1.165, 1.54) is 12.0 Å². The van der Waals surface area contributed by atoms with Gasteiger partial charge in [-0.2, -0.15) is 4.31 Å². The van der Waals surface area contributed by atoms with E-state index in [1.807, 2.05) is 27.7 Å². The summed E-state index contributed by atoms with van der Waals surface area (Å²) in [6.07, 6.45) is 5.46. The van der Waals surface area contributed by atoms with Crippen LogP contribution in [0.15, 0.2) is 4.90 Å². The standard InChI is InChI=1S/C18H29NO2S/c1-12-13(2)15(4)18(16(5)14(12)3)22(20,21)19(6)17-10-8-7-9-11-17/h17H,7-11H2,1-6H3. The van der Waals surface area contributed by atoms with E-state index in [9.17, 15) is 8.42 Å². The van der Waals surface area contributed by atoms with E-state index in [2.05, 4.69) is 6.92 Å². The van der Waals surface area contributed by atoms with Crippen LogP contribution in [0.25, 0.3) is 0 Å². The van der Waals surface area contributed by atoms with Crippen LogP contribution in [0.4, 0.5) is 0 Å². The molecule has 0 aromatic heterocycles. The number of nitrogens with zero attached hydrogens (tertiary/aromatic N) is 1. The van der Waals surface area contributed by atoms with Crippen molar-refractivity contribution in [3.63, 3.8) is 0 Å². The molecule has 0 bridgehead atoms. The lowest BCUT2D eigenvalue weighted by Gasteiger charge is -2.32. The van der Waals surface area contributed by atoms with E-state index in [4.69, 9.17) is 0 Å². The molecule has 1 aromatic carbocycles. The van der Waals surface area contributed by atoms with Crippen LogP contribution in [0.5, 0.6) is 0 Å². The van der Waals surface area contributed by atoms with Crippen molar-refractivity contribution in [3.05, 3.63) is 27.8 Å². The maximum absolute atomic E-state index is 13.2. The Morgan fingerprint density at radius 2 is 1.18 bits per heavy atom. The summed E-state index contributed by atoms with van der Waals surface area (Å²) in [5.41, 5.74) is 5.21. The first kappa shape index (κ1) is 17.5. The highest BCUT2D eigenvalue weighted by atomic mass is 32.2. The third-order valence-electron chi connectivity index (χ3n) is 5.66. The van der Waals surface area contributed by atoms with Crippen molar-refractivity contribution in [2.75, 3.05) is 7.05 Å². The summed E-state index contributed by atoms with van der Waals surface area (Å²) < 4.78 is 28.1. The van der Waals surface area contributed by atoms with Gasteiger partial charge in [-0.3, -0.25) is 0 Å². The number of benzene rings is 1. The molecule has 0 radical (unpaired) electrons. The molecule has 3 nitrogen and oxygen atoms in total. The SMILES string of the molecule is Cc1c(C)c(C)c(S(=O)(=O)N(C)C2CCCCC2)c(C)c1C. The first-order chi connectivity index (χ1) is 10.2. The van der Waals surface area contributed by atoms with Crippen molar-refractivity contribution in [3.8, 4) is 0 Å². The predicted molar refractivity (Wildman–Crippen MR) is 91.9 cm³/mol. The summed E-state index contributed by atoms with van der Waals surface area (Å²) in [6, 6.07) is 0.152. The lowest BCUT2D eigenvalue weighted by Crippen LogP contribution is -2.39. The second-order valence-corrected chi connectivity index (χ2v) is 8.70. The fourth-order valence-corrected chi connectivity index (χ4v) is 5.61. The third kappa shape index (κ3) is 2.83. The van der Waals surface area contributed by atoms with Crippen molar-refractivity contribution in [1.82, 2.24) is 4.31 Å². The molecule has 22 heavy (non-hydrogen) atoms. The van der Waals surface area contributed by atoms with Gasteiger partial charge in [-0.25, -0.2) is 8.42 Å². The van der Waals surface area contributed by atoms with Crippen LogP contribution in [-0.4, -0.2) is 25.8 Å². The molecule has 0 atom stereocenters. The van der Waals surface area contributed by atoms with Crippen LogP contribution < -0.4 is 0 Å². The van der Waals surface area contributed by atoms with E-state index >= 15 is 0 Å². The summed E-state index contributed by atoms with van der Waals surface area (Å²) in [5, 5.41) is 0. The molecule has 2 rings (SSSR count). The predicted octanol–water partition coefficient (Wildman–Crippen LogP) is 4.18. The fourth-order valence-electron chi connectivity index (χ4n) is 3.64. The van der Waals surface area contributed by atoms with E-state index in [-0.39, 0.29) is 6.04 Å². The first-order valence-electron chi connectivity index (χ1n) is 8.24. The quantitative estimate of drug-likeness (QED) is 0.836. The molecule has 0 N–H and O–H groups in total. The molecule has 0 amide bonds. The van der Waals surface area contributed by atoms with Crippen LogP contribution in [0, 0.1) is 34.6 Å². The van der Waals surface area contributed by atoms with Crippen LogP contribution in [0.3, 0.4) is 0 Å². The lowest BCUT2D eigenvalue weighted by atomic mass is 9.95. The topological polar surface area (TPSA) is 37.4 Å². The minimum absolute atomic E-state index is 0.152. The molecule has 1 saturated carbocycles. The van der Waals surface area contributed by atoms with E-state index < -0.39 is 10.0 Å². The number of rotatable bonds is 3. The minimum Gasteiger partial charge on any atom is -0.207 e. The van der Waals surface area contributed by atoms with Crippen molar-refractivity contribution >= 4 is 10.0 Å². The summed E-state index contributed by atoms with van der Waals surface area (Å²) in [4.78, 5) is 0.529. The summed E-state index contributed by atoms with van der Waals surface area (Å²) >= 11 is 0. The number of hydrogen-bond acceptors (Lipinski definition) is 2. The van der Waals surface area contributed by atoms with E-state index in [0.717, 1.165) is 47.9 Å². The van der Waals surface area contributed by atoms with Crippen LogP contribution in [0.2, 0.25) is 0 Å². The lowest BCUT2D eigenvalue weighted by molar-refractivity contribution is 0.285. The molecule has 1 aliphatic rings. The monoisotopic (exact) mass is 323 g/mol. The maximum Gasteiger partial charge on any atom is 0.243 e. The Kier molecular flexibility index (Phi) is 5.03. The molecular formula is C18H29NO2S. The van der Waals surface area contributed by atoms with Crippen LogP contribution in [-0.2, 0) is 10.0 Å². The van der Waals surface area contributed by atoms with E-state index in [1.54, 1.807) is 11.4 Å². The van der Waals surface area contributed by atoms with Gasteiger partial charge in [0, 0.05) is 13.1 Å². The van der Waals surface area contributed by atoms with Gasteiger partial charge in [-0.05, 0) is 75.3 Å². The molecule has 0 aliphatic heterocycles. The molecule has 0 saturated heterocycles. The van der Waals surface area contributed by atoms with E-state index in [0.29, 0.717) is 4.90 Å². The highest BCUT2D eigenvalue weighted by Crippen LogP contribution is 2.33. The van der Waals surface area contributed by atoms with Gasteiger partial charge in [-0.1, -0.05) is 19.3 Å². The Morgan fingerprint density at radius 3 is 1.64 bits per heavy atom. The second-order valence-electron chi connectivity index (χ2n) is 6.77. The van der Waals surface area contributed by atoms with Crippen molar-refractivity contribution < 1.29 is 8.42 Å². The van der Waals surface area contributed by atoms with Crippen LogP contribution in [0.1, 0.15) is 59.9 Å². The molecule has 1 aromatic rings. The second kappa shape index (κ2) is 6.32. The first-order valence-corrected chi connectivity index (χ1v) is 9.68. The van der Waals surface area contributed by atoms with Gasteiger partial charge in [0.1, 0.15) is 0 Å². The van der Waals surface area contributed by atoms with Gasteiger partial charge < -0.3 is 0 Å². The zero-order chi connectivity index (χ0) is 16.7. The highest BCUT2D eigenvalue weighted by molar-refractivity contribution is 7.89. The average molecular weight is 324 g/mol. The molecule has 1 fully saturated rings. The molecule has 4 heteroatoms. The van der Waals surface area contributed by atoms with Gasteiger partial charge in [0.05, 0.1) is 4.90 Å². The largest absolute Gasteiger partial charge is 0.243 e. The number of sulfonamides is 1. The Bertz CT molecular complexity index is 642. The summed E-state index contributed by atoms with van der Waals surface area (Å²) in [7, 11) is -1.67.